The van der Waals surface area contributed by atoms with Crippen LogP contribution < -0.4 is 0 Å². The van der Waals surface area contributed by atoms with E-state index in [9.17, 15) is 4.79 Å². The molecule has 0 unspecified atom stereocenters. The van der Waals surface area contributed by atoms with Gasteiger partial charge in [0.2, 0.25) is 8.32 Å². The summed E-state index contributed by atoms with van der Waals surface area (Å²) in [6, 6.07) is 0. The Labute approximate surface area is 199 Å². The van der Waals surface area contributed by atoms with Crippen molar-refractivity contribution in [3.63, 3.8) is 0 Å². The summed E-state index contributed by atoms with van der Waals surface area (Å²) in [6.07, 6.45) is 10.4. The molecule has 2 aliphatic rings. The number of allylic oxidation sites excluding steroid dienone is 4. The Morgan fingerprint density at radius 3 is 2.12 bits per heavy atom. The molecule has 2 rings (SSSR count). The molecule has 0 radical (unpaired) electrons. The molecule has 2 bridgehead atoms. The number of ketones is 1. The van der Waals surface area contributed by atoms with Gasteiger partial charge in [0.15, 0.2) is 5.78 Å². The van der Waals surface area contributed by atoms with Gasteiger partial charge in [0, 0.05) is 11.3 Å². The number of rotatable bonds is 5. The Morgan fingerprint density at radius 1 is 1.03 bits per heavy atom. The number of fused-ring (bicyclic) bond motifs is 2. The van der Waals surface area contributed by atoms with Crippen molar-refractivity contribution in [1.82, 2.24) is 0 Å². The summed E-state index contributed by atoms with van der Waals surface area (Å²) in [5.41, 5.74) is 6.10. The highest BCUT2D eigenvalue weighted by Crippen LogP contribution is 2.50. The fraction of sp³-hybridized carbons (Fsp3) is 0.690. The zero-order valence-corrected chi connectivity index (χ0v) is 23.5. The van der Waals surface area contributed by atoms with Crippen molar-refractivity contribution in [3.8, 4) is 0 Å². The van der Waals surface area contributed by atoms with E-state index in [2.05, 4.69) is 88.0 Å². The summed E-state index contributed by atoms with van der Waals surface area (Å²) in [7, 11) is -2.14. The number of hydrogen-bond acceptors (Lipinski definition) is 2. The van der Waals surface area contributed by atoms with Crippen molar-refractivity contribution in [2.45, 2.75) is 118 Å². The third-order valence-corrected chi connectivity index (χ3v) is 14.6. The van der Waals surface area contributed by atoms with Crippen LogP contribution in [0.2, 0.25) is 16.6 Å². The zero-order chi connectivity index (χ0) is 24.4. The maximum absolute atomic E-state index is 13.3. The molecule has 0 heterocycles. The average molecular weight is 457 g/mol. The first-order chi connectivity index (χ1) is 14.8. The summed E-state index contributed by atoms with van der Waals surface area (Å²) in [5.74, 6) is 0.168. The van der Waals surface area contributed by atoms with E-state index in [1.807, 2.05) is 6.08 Å². The van der Waals surface area contributed by atoms with E-state index >= 15 is 0 Å². The van der Waals surface area contributed by atoms with Gasteiger partial charge in [0.05, 0.1) is 6.10 Å². The molecule has 0 saturated carbocycles. The van der Waals surface area contributed by atoms with Crippen LogP contribution in [0.5, 0.6) is 0 Å². The van der Waals surface area contributed by atoms with Crippen LogP contribution in [0.15, 0.2) is 47.1 Å². The van der Waals surface area contributed by atoms with Crippen LogP contribution in [-0.4, -0.2) is 20.2 Å². The molecular weight excluding hydrogens is 408 g/mol. The quantitative estimate of drug-likeness (QED) is 0.305. The predicted octanol–water partition coefficient (Wildman–Crippen LogP) is 8.72. The lowest BCUT2D eigenvalue weighted by molar-refractivity contribution is -0.121. The molecule has 0 aromatic rings. The standard InChI is InChI=1S/C29H48O2Si/c1-19(2)32(20(3)4,21(5)6)31-28-17-23(8)14-12-13-22(7)15-16-29(11)24(9)26(28)18-27(30)25(29)10/h13,17-21,25,28H,9,12,14-16H2,1-8,10-11H3/b22-13+,23-17+/t25-,28+,29-/m1/s1. The number of carbonyl (C=O) groups is 1. The Bertz CT molecular complexity index is 789. The largest absolute Gasteiger partial charge is 0.406 e. The van der Waals surface area contributed by atoms with Gasteiger partial charge in [-0.1, -0.05) is 85.3 Å². The van der Waals surface area contributed by atoms with E-state index in [4.69, 9.17) is 4.43 Å². The van der Waals surface area contributed by atoms with Gasteiger partial charge < -0.3 is 4.43 Å². The van der Waals surface area contributed by atoms with Gasteiger partial charge in [-0.2, -0.15) is 0 Å². The first kappa shape index (κ1) is 27.1. The first-order valence-corrected chi connectivity index (χ1v) is 14.9. The SMILES string of the molecule is C=C1C2=CC(=O)[C@@H](C)[C@]1(C)CC/C(C)=C/CC/C(C)=C/[C@@H]2O[Si](C(C)C)(C(C)C)C(C)C. The van der Waals surface area contributed by atoms with Gasteiger partial charge in [-0.3, -0.25) is 4.79 Å². The van der Waals surface area contributed by atoms with Gasteiger partial charge in [0.25, 0.3) is 0 Å². The van der Waals surface area contributed by atoms with Crippen LogP contribution in [0, 0.1) is 11.3 Å². The maximum Gasteiger partial charge on any atom is 0.201 e. The smallest absolute Gasteiger partial charge is 0.201 e. The van der Waals surface area contributed by atoms with Crippen LogP contribution in [0.25, 0.3) is 0 Å². The molecule has 0 aromatic carbocycles. The third-order valence-electron chi connectivity index (χ3n) is 8.57. The van der Waals surface area contributed by atoms with Crippen LogP contribution in [0.1, 0.15) is 94.9 Å². The number of hydrogen-bond donors (Lipinski definition) is 0. The predicted molar refractivity (Wildman–Crippen MR) is 141 cm³/mol. The highest BCUT2D eigenvalue weighted by Gasteiger charge is 2.49. The minimum absolute atomic E-state index is 0.0532. The molecule has 0 amide bonds. The van der Waals surface area contributed by atoms with Gasteiger partial charge in [-0.15, -0.1) is 0 Å². The number of carbonyl (C=O) groups excluding carboxylic acids is 1. The fourth-order valence-electron chi connectivity index (χ4n) is 6.15. The lowest BCUT2D eigenvalue weighted by Gasteiger charge is -2.47. The van der Waals surface area contributed by atoms with E-state index < -0.39 is 8.32 Å². The van der Waals surface area contributed by atoms with Crippen molar-refractivity contribution in [1.29, 1.82) is 0 Å². The summed E-state index contributed by atoms with van der Waals surface area (Å²) >= 11 is 0. The van der Waals surface area contributed by atoms with Crippen LogP contribution >= 0.6 is 0 Å². The fourth-order valence-corrected chi connectivity index (χ4v) is 11.6. The van der Waals surface area contributed by atoms with E-state index in [-0.39, 0.29) is 23.2 Å². The lowest BCUT2D eigenvalue weighted by Crippen LogP contribution is -2.51. The van der Waals surface area contributed by atoms with Crippen molar-refractivity contribution in [2.75, 3.05) is 0 Å². The van der Waals surface area contributed by atoms with Crippen molar-refractivity contribution in [3.05, 3.63) is 47.1 Å². The van der Waals surface area contributed by atoms with Crippen LogP contribution in [0.3, 0.4) is 0 Å². The first-order valence-electron chi connectivity index (χ1n) is 12.7. The highest BCUT2D eigenvalue weighted by atomic mass is 28.4. The minimum atomic E-state index is -2.14. The molecule has 0 aromatic heterocycles. The second-order valence-electron chi connectivity index (χ2n) is 11.6. The molecule has 0 fully saturated rings. The molecule has 2 aliphatic carbocycles. The van der Waals surface area contributed by atoms with Crippen molar-refractivity contribution >= 4 is 14.1 Å². The molecule has 3 atom stereocenters. The van der Waals surface area contributed by atoms with E-state index in [0.29, 0.717) is 16.6 Å². The Balaban J connectivity index is 2.69. The second-order valence-corrected chi connectivity index (χ2v) is 17.0. The Morgan fingerprint density at radius 2 is 1.59 bits per heavy atom. The zero-order valence-electron chi connectivity index (χ0n) is 22.5. The molecule has 0 spiro atoms. The Hall–Kier alpha value is -1.19. The molecule has 3 heteroatoms. The van der Waals surface area contributed by atoms with Crippen LogP contribution in [-0.2, 0) is 9.22 Å². The summed E-state index contributed by atoms with van der Waals surface area (Å²) in [5, 5.41) is 0. The van der Waals surface area contributed by atoms with Crippen LogP contribution in [0.4, 0.5) is 0 Å². The normalized spacial score (nSPS) is 31.6. The maximum atomic E-state index is 13.3. The topological polar surface area (TPSA) is 26.3 Å². The summed E-state index contributed by atoms with van der Waals surface area (Å²) in [4.78, 5) is 13.3. The third kappa shape index (κ3) is 5.14. The molecule has 0 saturated heterocycles. The van der Waals surface area contributed by atoms with Gasteiger partial charge in [-0.05, 0) is 73.4 Å². The van der Waals surface area contributed by atoms with Gasteiger partial charge in [-0.25, -0.2) is 0 Å². The molecule has 32 heavy (non-hydrogen) atoms. The van der Waals surface area contributed by atoms with Crippen molar-refractivity contribution < 1.29 is 9.22 Å². The van der Waals surface area contributed by atoms with E-state index in [1.54, 1.807) is 0 Å². The molecule has 0 aliphatic heterocycles. The molecular formula is C29H48O2Si. The average Bonchev–Trinajstić information content (AvgIpc) is 2.69. The minimum Gasteiger partial charge on any atom is -0.406 e. The second kappa shape index (κ2) is 10.4. The summed E-state index contributed by atoms with van der Waals surface area (Å²) in [6.45, 7) is 27.3. The molecule has 180 valence electrons. The van der Waals surface area contributed by atoms with Gasteiger partial charge >= 0.3 is 0 Å². The highest BCUT2D eigenvalue weighted by molar-refractivity contribution is 6.77. The van der Waals surface area contributed by atoms with Crippen molar-refractivity contribution in [2.24, 2.45) is 11.3 Å². The lowest BCUT2D eigenvalue weighted by atomic mass is 9.62. The Kier molecular flexibility index (Phi) is 8.78. The molecule has 0 N–H and O–H groups in total. The van der Waals surface area contributed by atoms with E-state index in [1.165, 1.54) is 11.1 Å². The van der Waals surface area contributed by atoms with E-state index in [0.717, 1.165) is 36.8 Å². The molecule has 2 nitrogen and oxygen atoms in total. The summed E-state index contributed by atoms with van der Waals surface area (Å²) < 4.78 is 7.31. The monoisotopic (exact) mass is 456 g/mol. The van der Waals surface area contributed by atoms with Gasteiger partial charge in [0.1, 0.15) is 0 Å².